The number of aliphatic hydroxyl groups excluding tert-OH is 1. The van der Waals surface area contributed by atoms with E-state index in [2.05, 4.69) is 15.3 Å². The zero-order chi connectivity index (χ0) is 17.6. The van der Waals surface area contributed by atoms with Crippen LogP contribution in [0.5, 0.6) is 0 Å². The second-order valence-corrected chi connectivity index (χ2v) is 5.72. The van der Waals surface area contributed by atoms with Crippen LogP contribution in [0.4, 0.5) is 14.6 Å². The smallest absolute Gasteiger partial charge is 0.297 e. The van der Waals surface area contributed by atoms with Crippen molar-refractivity contribution in [1.82, 2.24) is 9.97 Å². The average molecular weight is 343 g/mol. The molecule has 0 saturated heterocycles. The maximum atomic E-state index is 13.2. The van der Waals surface area contributed by atoms with Crippen molar-refractivity contribution >= 4 is 16.7 Å². The number of alkyl halides is 2. The molecular formula is C19H19F2N3O. The Morgan fingerprint density at radius 2 is 1.68 bits per heavy atom. The zero-order valence-corrected chi connectivity index (χ0v) is 13.6. The van der Waals surface area contributed by atoms with Gasteiger partial charge in [0.15, 0.2) is 5.82 Å². The molecule has 0 bridgehead atoms. The molecule has 1 atom stereocenters. The van der Waals surface area contributed by atoms with E-state index in [0.717, 1.165) is 5.56 Å². The number of halogens is 2. The molecule has 0 amide bonds. The molecule has 0 spiro atoms. The number of nitrogens with zero attached hydrogens (tertiary/aromatic N) is 2. The SMILES string of the molecule is OCCCC(Nc1nc(C(F)F)nc2ccccc12)c1ccccc1. The summed E-state index contributed by atoms with van der Waals surface area (Å²) >= 11 is 0. The Morgan fingerprint density at radius 1 is 0.960 bits per heavy atom. The first kappa shape index (κ1) is 17.2. The minimum Gasteiger partial charge on any atom is -0.396 e. The van der Waals surface area contributed by atoms with E-state index in [-0.39, 0.29) is 12.6 Å². The maximum absolute atomic E-state index is 13.2. The molecule has 130 valence electrons. The number of fused-ring (bicyclic) bond motifs is 1. The van der Waals surface area contributed by atoms with Crippen molar-refractivity contribution in [1.29, 1.82) is 0 Å². The number of para-hydroxylation sites is 1. The van der Waals surface area contributed by atoms with E-state index in [1.165, 1.54) is 0 Å². The highest BCUT2D eigenvalue weighted by Crippen LogP contribution is 2.29. The Bertz CT molecular complexity index is 827. The van der Waals surface area contributed by atoms with Crippen molar-refractivity contribution in [3.8, 4) is 0 Å². The fourth-order valence-corrected chi connectivity index (χ4v) is 2.77. The molecule has 0 aliphatic carbocycles. The Labute approximate surface area is 144 Å². The van der Waals surface area contributed by atoms with Gasteiger partial charge in [-0.3, -0.25) is 0 Å². The summed E-state index contributed by atoms with van der Waals surface area (Å²) in [6.07, 6.45) is -1.49. The fraction of sp³-hybridized carbons (Fsp3) is 0.263. The molecule has 25 heavy (non-hydrogen) atoms. The van der Waals surface area contributed by atoms with Crippen molar-refractivity contribution in [2.24, 2.45) is 0 Å². The lowest BCUT2D eigenvalue weighted by molar-refractivity contribution is 0.141. The summed E-state index contributed by atoms with van der Waals surface area (Å²) in [5.74, 6) is -0.108. The highest BCUT2D eigenvalue weighted by Gasteiger charge is 2.18. The molecule has 4 nitrogen and oxygen atoms in total. The molecule has 0 aliphatic heterocycles. The third kappa shape index (κ3) is 4.09. The van der Waals surface area contributed by atoms with Crippen molar-refractivity contribution in [3.05, 3.63) is 66.0 Å². The van der Waals surface area contributed by atoms with Crippen LogP contribution in [0.25, 0.3) is 10.9 Å². The highest BCUT2D eigenvalue weighted by molar-refractivity contribution is 5.89. The predicted octanol–water partition coefficient (Wildman–Crippen LogP) is 4.49. The third-order valence-electron chi connectivity index (χ3n) is 3.98. The lowest BCUT2D eigenvalue weighted by atomic mass is 10.0. The summed E-state index contributed by atoms with van der Waals surface area (Å²) in [6, 6.07) is 16.6. The molecule has 6 heteroatoms. The van der Waals surface area contributed by atoms with Gasteiger partial charge < -0.3 is 10.4 Å². The molecule has 0 fully saturated rings. The molecule has 2 aromatic carbocycles. The van der Waals surface area contributed by atoms with Gasteiger partial charge in [-0.1, -0.05) is 42.5 Å². The number of aliphatic hydroxyl groups is 1. The number of hydrogen-bond donors (Lipinski definition) is 2. The van der Waals surface area contributed by atoms with Gasteiger partial charge in [-0.25, -0.2) is 18.7 Å². The van der Waals surface area contributed by atoms with Crippen molar-refractivity contribution in [2.45, 2.75) is 25.3 Å². The van der Waals surface area contributed by atoms with E-state index < -0.39 is 12.2 Å². The van der Waals surface area contributed by atoms with Crippen LogP contribution in [0.3, 0.4) is 0 Å². The number of hydrogen-bond acceptors (Lipinski definition) is 4. The number of rotatable bonds is 7. The van der Waals surface area contributed by atoms with E-state index in [1.807, 2.05) is 36.4 Å². The van der Waals surface area contributed by atoms with Gasteiger partial charge in [-0.2, -0.15) is 0 Å². The lowest BCUT2D eigenvalue weighted by Gasteiger charge is -2.21. The number of aromatic nitrogens is 2. The van der Waals surface area contributed by atoms with Crippen LogP contribution in [0.15, 0.2) is 54.6 Å². The van der Waals surface area contributed by atoms with Gasteiger partial charge in [-0.05, 0) is 30.5 Å². The summed E-state index contributed by atoms with van der Waals surface area (Å²) in [5, 5.41) is 13.1. The van der Waals surface area contributed by atoms with Crippen LogP contribution >= 0.6 is 0 Å². The van der Waals surface area contributed by atoms with Gasteiger partial charge in [0.2, 0.25) is 0 Å². The van der Waals surface area contributed by atoms with Crippen LogP contribution in [-0.4, -0.2) is 21.7 Å². The van der Waals surface area contributed by atoms with E-state index in [1.54, 1.807) is 18.2 Å². The van der Waals surface area contributed by atoms with Crippen molar-refractivity contribution in [2.75, 3.05) is 11.9 Å². The van der Waals surface area contributed by atoms with Crippen LogP contribution in [0.2, 0.25) is 0 Å². The standard InChI is InChI=1S/C19H19F2N3O/c20-17(21)19-23-16-10-5-4-9-14(16)18(24-19)22-15(11-6-12-25)13-7-2-1-3-8-13/h1-5,7-10,15,17,25H,6,11-12H2,(H,22,23,24). The van der Waals surface area contributed by atoms with Gasteiger partial charge in [0.25, 0.3) is 6.43 Å². The predicted molar refractivity (Wildman–Crippen MR) is 93.6 cm³/mol. The largest absolute Gasteiger partial charge is 0.396 e. The van der Waals surface area contributed by atoms with Crippen LogP contribution in [0, 0.1) is 0 Å². The van der Waals surface area contributed by atoms with Gasteiger partial charge >= 0.3 is 0 Å². The van der Waals surface area contributed by atoms with Crippen molar-refractivity contribution in [3.63, 3.8) is 0 Å². The summed E-state index contributed by atoms with van der Waals surface area (Å²) in [4.78, 5) is 7.98. The molecule has 3 rings (SSSR count). The van der Waals surface area contributed by atoms with E-state index in [4.69, 9.17) is 5.11 Å². The van der Waals surface area contributed by atoms with E-state index in [0.29, 0.717) is 29.6 Å². The minimum atomic E-state index is -2.74. The van der Waals surface area contributed by atoms with E-state index >= 15 is 0 Å². The molecule has 0 saturated carbocycles. The molecule has 0 aliphatic rings. The highest BCUT2D eigenvalue weighted by atomic mass is 19.3. The summed E-state index contributed by atoms with van der Waals surface area (Å²) in [7, 11) is 0. The first-order chi connectivity index (χ1) is 12.2. The molecular weight excluding hydrogens is 324 g/mol. The van der Waals surface area contributed by atoms with Crippen LogP contribution in [-0.2, 0) is 0 Å². The quantitative estimate of drug-likeness (QED) is 0.663. The molecule has 0 radical (unpaired) electrons. The fourth-order valence-electron chi connectivity index (χ4n) is 2.77. The summed E-state index contributed by atoms with van der Waals surface area (Å²) < 4.78 is 26.3. The Morgan fingerprint density at radius 3 is 2.40 bits per heavy atom. The topological polar surface area (TPSA) is 58.0 Å². The first-order valence-electron chi connectivity index (χ1n) is 8.16. The monoisotopic (exact) mass is 343 g/mol. The van der Waals surface area contributed by atoms with Gasteiger partial charge in [0, 0.05) is 12.0 Å². The molecule has 1 heterocycles. The normalized spacial score (nSPS) is 12.5. The number of benzene rings is 2. The summed E-state index contributed by atoms with van der Waals surface area (Å²) in [6.45, 7) is 0.0673. The summed E-state index contributed by atoms with van der Waals surface area (Å²) in [5.41, 5.74) is 1.49. The molecule has 1 aromatic heterocycles. The van der Waals surface area contributed by atoms with Crippen LogP contribution < -0.4 is 5.32 Å². The van der Waals surface area contributed by atoms with Crippen LogP contribution in [0.1, 0.15) is 36.7 Å². The lowest BCUT2D eigenvalue weighted by Crippen LogP contribution is -2.14. The second-order valence-electron chi connectivity index (χ2n) is 5.72. The second kappa shape index (κ2) is 7.98. The molecule has 1 unspecified atom stereocenters. The van der Waals surface area contributed by atoms with E-state index in [9.17, 15) is 8.78 Å². The van der Waals surface area contributed by atoms with Gasteiger partial charge in [-0.15, -0.1) is 0 Å². The minimum absolute atomic E-state index is 0.0673. The third-order valence-corrected chi connectivity index (χ3v) is 3.98. The number of anilines is 1. The Kier molecular flexibility index (Phi) is 5.50. The average Bonchev–Trinajstić information content (AvgIpc) is 2.65. The molecule has 2 N–H and O–H groups in total. The number of nitrogens with one attached hydrogen (secondary N) is 1. The van der Waals surface area contributed by atoms with Gasteiger partial charge in [0.1, 0.15) is 5.82 Å². The molecule has 3 aromatic rings. The maximum Gasteiger partial charge on any atom is 0.297 e. The Balaban J connectivity index is 2.01. The van der Waals surface area contributed by atoms with Crippen molar-refractivity contribution < 1.29 is 13.9 Å². The Hall–Kier alpha value is -2.60. The van der Waals surface area contributed by atoms with Gasteiger partial charge in [0.05, 0.1) is 11.6 Å². The first-order valence-corrected chi connectivity index (χ1v) is 8.16. The zero-order valence-electron chi connectivity index (χ0n) is 13.6.